The smallest absolute Gasteiger partial charge is 0.309 e. The Hall–Kier alpha value is -0.750. The number of nitrogens with one attached hydrogen (secondary N) is 2. The molecule has 2 N–H and O–H groups in total. The lowest BCUT2D eigenvalue weighted by Gasteiger charge is -2.26. The van der Waals surface area contributed by atoms with Gasteiger partial charge in [0.2, 0.25) is 0 Å². The minimum atomic E-state index is -0.535. The SMILES string of the molecule is COC1(CNC(=O)C(=O)NC2CCCCCC2)CCSC1. The fraction of sp³-hybridized carbons (Fsp3) is 0.867. The van der Waals surface area contributed by atoms with Gasteiger partial charge in [-0.3, -0.25) is 9.59 Å². The first kappa shape index (κ1) is 16.6. The lowest BCUT2D eigenvalue weighted by Crippen LogP contribution is -2.50. The van der Waals surface area contributed by atoms with E-state index in [4.69, 9.17) is 4.74 Å². The first-order valence-electron chi connectivity index (χ1n) is 7.87. The molecule has 21 heavy (non-hydrogen) atoms. The molecule has 0 radical (unpaired) electrons. The fourth-order valence-electron chi connectivity index (χ4n) is 2.96. The normalized spacial score (nSPS) is 27.1. The van der Waals surface area contributed by atoms with Crippen LogP contribution in [0.25, 0.3) is 0 Å². The number of carbonyl (C=O) groups is 2. The van der Waals surface area contributed by atoms with E-state index in [0.717, 1.165) is 43.6 Å². The lowest BCUT2D eigenvalue weighted by atomic mass is 10.0. The second kappa shape index (κ2) is 8.03. The lowest BCUT2D eigenvalue weighted by molar-refractivity contribution is -0.140. The van der Waals surface area contributed by atoms with E-state index in [2.05, 4.69) is 10.6 Å². The zero-order valence-corrected chi connectivity index (χ0v) is 13.6. The Labute approximate surface area is 130 Å². The molecule has 0 bridgehead atoms. The third-order valence-electron chi connectivity index (χ3n) is 4.47. The fourth-order valence-corrected chi connectivity index (χ4v) is 4.35. The highest BCUT2D eigenvalue weighted by atomic mass is 32.2. The van der Waals surface area contributed by atoms with Gasteiger partial charge >= 0.3 is 11.8 Å². The molecule has 1 saturated heterocycles. The van der Waals surface area contributed by atoms with E-state index in [1.165, 1.54) is 12.8 Å². The Morgan fingerprint density at radius 2 is 1.90 bits per heavy atom. The highest BCUT2D eigenvalue weighted by Crippen LogP contribution is 2.30. The van der Waals surface area contributed by atoms with Crippen molar-refractivity contribution in [2.75, 3.05) is 25.2 Å². The van der Waals surface area contributed by atoms with Crippen LogP contribution >= 0.6 is 11.8 Å². The van der Waals surface area contributed by atoms with E-state index in [0.29, 0.717) is 6.54 Å². The van der Waals surface area contributed by atoms with Crippen LogP contribution in [0.1, 0.15) is 44.9 Å². The van der Waals surface area contributed by atoms with E-state index >= 15 is 0 Å². The Morgan fingerprint density at radius 1 is 1.19 bits per heavy atom. The molecule has 0 aromatic rings. The summed E-state index contributed by atoms with van der Waals surface area (Å²) < 4.78 is 5.53. The molecular weight excluding hydrogens is 288 g/mol. The molecule has 0 aromatic carbocycles. The van der Waals surface area contributed by atoms with Crippen LogP contribution in [0.3, 0.4) is 0 Å². The van der Waals surface area contributed by atoms with Gasteiger partial charge in [-0.25, -0.2) is 0 Å². The number of rotatable bonds is 4. The topological polar surface area (TPSA) is 67.4 Å². The van der Waals surface area contributed by atoms with Gasteiger partial charge in [0.15, 0.2) is 0 Å². The van der Waals surface area contributed by atoms with Crippen molar-refractivity contribution in [3.63, 3.8) is 0 Å². The predicted molar refractivity (Wildman–Crippen MR) is 84.3 cm³/mol. The van der Waals surface area contributed by atoms with Gasteiger partial charge in [0.1, 0.15) is 0 Å². The van der Waals surface area contributed by atoms with Crippen molar-refractivity contribution < 1.29 is 14.3 Å². The van der Waals surface area contributed by atoms with E-state index in [9.17, 15) is 9.59 Å². The summed E-state index contributed by atoms with van der Waals surface area (Å²) in [6, 6.07) is 0.157. The number of amides is 2. The maximum Gasteiger partial charge on any atom is 0.309 e. The maximum absolute atomic E-state index is 12.0. The van der Waals surface area contributed by atoms with Gasteiger partial charge in [-0.05, 0) is 25.0 Å². The van der Waals surface area contributed by atoms with Crippen LogP contribution in [0, 0.1) is 0 Å². The van der Waals surface area contributed by atoms with Gasteiger partial charge in [-0.15, -0.1) is 0 Å². The average molecular weight is 314 g/mol. The third kappa shape index (κ3) is 4.88. The summed E-state index contributed by atoms with van der Waals surface area (Å²) in [5.41, 5.74) is -0.303. The van der Waals surface area contributed by atoms with Crippen LogP contribution in [0.15, 0.2) is 0 Å². The summed E-state index contributed by atoms with van der Waals surface area (Å²) in [4.78, 5) is 23.9. The third-order valence-corrected chi connectivity index (χ3v) is 5.69. The monoisotopic (exact) mass is 314 g/mol. The Kier molecular flexibility index (Phi) is 6.36. The van der Waals surface area contributed by atoms with E-state index in [1.54, 1.807) is 7.11 Å². The molecule has 2 aliphatic rings. The van der Waals surface area contributed by atoms with Crippen LogP contribution in [-0.4, -0.2) is 48.6 Å². The molecule has 1 aliphatic carbocycles. The number of ether oxygens (including phenoxy) is 1. The molecule has 2 fully saturated rings. The summed E-state index contributed by atoms with van der Waals surface area (Å²) in [6.07, 6.45) is 7.61. The van der Waals surface area contributed by atoms with Gasteiger partial charge in [-0.1, -0.05) is 25.7 Å². The highest BCUT2D eigenvalue weighted by Gasteiger charge is 2.35. The van der Waals surface area contributed by atoms with Crippen molar-refractivity contribution >= 4 is 23.6 Å². The van der Waals surface area contributed by atoms with Crippen molar-refractivity contribution in [3.8, 4) is 0 Å². The van der Waals surface area contributed by atoms with Crippen molar-refractivity contribution in [1.29, 1.82) is 0 Å². The van der Waals surface area contributed by atoms with E-state index < -0.39 is 11.8 Å². The number of carbonyl (C=O) groups excluding carboxylic acids is 2. The van der Waals surface area contributed by atoms with Crippen molar-refractivity contribution in [2.45, 2.75) is 56.6 Å². The minimum Gasteiger partial charge on any atom is -0.376 e. The van der Waals surface area contributed by atoms with Crippen molar-refractivity contribution in [3.05, 3.63) is 0 Å². The van der Waals surface area contributed by atoms with Gasteiger partial charge in [-0.2, -0.15) is 11.8 Å². The first-order chi connectivity index (χ1) is 10.2. The van der Waals surface area contributed by atoms with E-state index in [-0.39, 0.29) is 11.6 Å². The molecule has 1 atom stereocenters. The van der Waals surface area contributed by atoms with Crippen LogP contribution in [0.5, 0.6) is 0 Å². The van der Waals surface area contributed by atoms with Crippen LogP contribution in [0.2, 0.25) is 0 Å². The summed E-state index contributed by atoms with van der Waals surface area (Å²) in [7, 11) is 1.67. The Morgan fingerprint density at radius 3 is 2.48 bits per heavy atom. The molecule has 1 heterocycles. The maximum atomic E-state index is 12.0. The number of hydrogen-bond acceptors (Lipinski definition) is 4. The largest absolute Gasteiger partial charge is 0.376 e. The molecule has 1 saturated carbocycles. The standard InChI is InChI=1S/C15H26N2O3S/c1-20-15(8-9-21-11-15)10-16-13(18)14(19)17-12-6-4-2-3-5-7-12/h12H,2-11H2,1H3,(H,16,18)(H,17,19). The summed E-state index contributed by atoms with van der Waals surface area (Å²) in [6.45, 7) is 0.410. The second-order valence-electron chi connectivity index (χ2n) is 6.03. The van der Waals surface area contributed by atoms with Gasteiger partial charge in [0.25, 0.3) is 0 Å². The van der Waals surface area contributed by atoms with Crippen molar-refractivity contribution in [2.24, 2.45) is 0 Å². The average Bonchev–Trinajstić information content (AvgIpc) is 2.83. The van der Waals surface area contributed by atoms with Crippen molar-refractivity contribution in [1.82, 2.24) is 10.6 Å². The molecule has 5 nitrogen and oxygen atoms in total. The highest BCUT2D eigenvalue weighted by molar-refractivity contribution is 7.99. The number of methoxy groups -OCH3 is 1. The van der Waals surface area contributed by atoms with Gasteiger partial charge < -0.3 is 15.4 Å². The quantitative estimate of drug-likeness (QED) is 0.609. The molecule has 0 spiro atoms. The predicted octanol–water partition coefficient (Wildman–Crippen LogP) is 1.46. The molecule has 0 aromatic heterocycles. The van der Waals surface area contributed by atoms with Crippen LogP contribution in [0.4, 0.5) is 0 Å². The summed E-state index contributed by atoms with van der Waals surface area (Å²) >= 11 is 1.82. The second-order valence-corrected chi connectivity index (χ2v) is 7.14. The van der Waals surface area contributed by atoms with Gasteiger partial charge in [0, 0.05) is 25.4 Å². The zero-order valence-electron chi connectivity index (χ0n) is 12.8. The summed E-state index contributed by atoms with van der Waals surface area (Å²) in [5, 5.41) is 5.60. The van der Waals surface area contributed by atoms with Crippen LogP contribution < -0.4 is 10.6 Å². The first-order valence-corrected chi connectivity index (χ1v) is 9.02. The molecule has 1 unspecified atom stereocenters. The van der Waals surface area contributed by atoms with Crippen LogP contribution in [-0.2, 0) is 14.3 Å². The molecule has 6 heteroatoms. The molecule has 2 rings (SSSR count). The molecule has 2 amide bonds. The zero-order chi connectivity index (χ0) is 15.1. The number of thioether (sulfide) groups is 1. The molecule has 1 aliphatic heterocycles. The minimum absolute atomic E-state index is 0.157. The van der Waals surface area contributed by atoms with E-state index in [1.807, 2.05) is 11.8 Å². The molecule has 120 valence electrons. The summed E-state index contributed by atoms with van der Waals surface area (Å²) in [5.74, 6) is 0.873. The Bertz CT molecular complexity index is 362. The molecular formula is C15H26N2O3S. The Balaban J connectivity index is 1.75. The van der Waals surface area contributed by atoms with Gasteiger partial charge in [0.05, 0.1) is 5.60 Å². The number of hydrogen-bond donors (Lipinski definition) is 2.